The summed E-state index contributed by atoms with van der Waals surface area (Å²) in [5.74, 6) is 0.132. The highest BCUT2D eigenvalue weighted by molar-refractivity contribution is 6.30. The Kier molecular flexibility index (Phi) is 4.29. The number of ketones is 1. The van der Waals surface area contributed by atoms with Crippen molar-refractivity contribution in [3.63, 3.8) is 0 Å². The van der Waals surface area contributed by atoms with Gasteiger partial charge in [-0.2, -0.15) is 0 Å². The molecular weight excluding hydrogens is 268 g/mol. The van der Waals surface area contributed by atoms with Gasteiger partial charge < -0.3 is 0 Å². The summed E-state index contributed by atoms with van der Waals surface area (Å²) in [6.07, 6.45) is 0.409. The Morgan fingerprint density at radius 2 is 1.50 bits per heavy atom. The average molecular weight is 287 g/mol. The topological polar surface area (TPSA) is 17.1 Å². The lowest BCUT2D eigenvalue weighted by atomic mass is 9.86. The molecule has 104 valence electrons. The van der Waals surface area contributed by atoms with Crippen LogP contribution in [0.5, 0.6) is 0 Å². The molecule has 1 nitrogen and oxygen atoms in total. The molecule has 0 saturated carbocycles. The van der Waals surface area contributed by atoms with Crippen molar-refractivity contribution in [1.29, 1.82) is 0 Å². The molecule has 20 heavy (non-hydrogen) atoms. The molecule has 2 aromatic carbocycles. The maximum atomic E-state index is 12.2. The summed E-state index contributed by atoms with van der Waals surface area (Å²) in [6.45, 7) is 6.49. The van der Waals surface area contributed by atoms with Crippen LogP contribution in [0.2, 0.25) is 5.02 Å². The summed E-state index contributed by atoms with van der Waals surface area (Å²) in [5, 5.41) is 0.690. The predicted molar refractivity (Wildman–Crippen MR) is 84.6 cm³/mol. The molecule has 0 aliphatic heterocycles. The highest BCUT2D eigenvalue weighted by atomic mass is 35.5. The average Bonchev–Trinajstić information content (AvgIpc) is 2.40. The van der Waals surface area contributed by atoms with Crippen molar-refractivity contribution in [2.24, 2.45) is 0 Å². The van der Waals surface area contributed by atoms with E-state index in [0.717, 1.165) is 11.1 Å². The molecule has 0 atom stereocenters. The second-order valence-electron chi connectivity index (χ2n) is 6.05. The molecule has 2 rings (SSSR count). The van der Waals surface area contributed by atoms with Gasteiger partial charge in [0.15, 0.2) is 5.78 Å². The second-order valence-corrected chi connectivity index (χ2v) is 6.49. The Morgan fingerprint density at radius 1 is 0.950 bits per heavy atom. The van der Waals surface area contributed by atoms with Crippen LogP contribution in [-0.2, 0) is 11.8 Å². The third-order valence-electron chi connectivity index (χ3n) is 3.35. The van der Waals surface area contributed by atoms with Crippen LogP contribution in [0.15, 0.2) is 48.5 Å². The van der Waals surface area contributed by atoms with E-state index in [1.165, 1.54) is 5.56 Å². The van der Waals surface area contributed by atoms with Gasteiger partial charge >= 0.3 is 0 Å². The van der Waals surface area contributed by atoms with Gasteiger partial charge in [-0.3, -0.25) is 4.79 Å². The molecule has 0 amide bonds. The van der Waals surface area contributed by atoms with Crippen LogP contribution in [0.3, 0.4) is 0 Å². The van der Waals surface area contributed by atoms with Crippen LogP contribution in [0.4, 0.5) is 0 Å². The van der Waals surface area contributed by atoms with Gasteiger partial charge in [0.25, 0.3) is 0 Å². The van der Waals surface area contributed by atoms with Gasteiger partial charge in [-0.1, -0.05) is 68.8 Å². The van der Waals surface area contributed by atoms with Crippen molar-refractivity contribution in [1.82, 2.24) is 0 Å². The zero-order chi connectivity index (χ0) is 14.8. The fourth-order valence-corrected chi connectivity index (χ4v) is 2.17. The summed E-state index contributed by atoms with van der Waals surface area (Å²) < 4.78 is 0. The monoisotopic (exact) mass is 286 g/mol. The Morgan fingerprint density at radius 3 is 2.00 bits per heavy atom. The Bertz CT molecular complexity index is 589. The highest BCUT2D eigenvalue weighted by Crippen LogP contribution is 2.22. The molecule has 0 N–H and O–H groups in total. The van der Waals surface area contributed by atoms with Gasteiger partial charge in [-0.15, -0.1) is 0 Å². The number of carbonyl (C=O) groups is 1. The fraction of sp³-hybridized carbons (Fsp3) is 0.278. The minimum Gasteiger partial charge on any atom is -0.294 e. The largest absolute Gasteiger partial charge is 0.294 e. The number of hydrogen-bond acceptors (Lipinski definition) is 1. The molecule has 0 unspecified atom stereocenters. The van der Waals surface area contributed by atoms with Gasteiger partial charge in [0.2, 0.25) is 0 Å². The van der Waals surface area contributed by atoms with E-state index in [0.29, 0.717) is 11.4 Å². The van der Waals surface area contributed by atoms with E-state index >= 15 is 0 Å². The first-order chi connectivity index (χ1) is 9.36. The molecule has 0 fully saturated rings. The van der Waals surface area contributed by atoms with E-state index in [-0.39, 0.29) is 11.2 Å². The van der Waals surface area contributed by atoms with Crippen LogP contribution in [0.25, 0.3) is 0 Å². The van der Waals surface area contributed by atoms with Crippen molar-refractivity contribution in [2.75, 3.05) is 0 Å². The lowest BCUT2D eigenvalue weighted by molar-refractivity contribution is 0.0993. The SMILES string of the molecule is CC(C)(C)c1ccc(C(=O)Cc2ccc(Cl)cc2)cc1. The third kappa shape index (κ3) is 3.71. The number of benzene rings is 2. The fourth-order valence-electron chi connectivity index (χ4n) is 2.05. The Labute approximate surface area is 125 Å². The van der Waals surface area contributed by atoms with Crippen molar-refractivity contribution in [3.05, 3.63) is 70.2 Å². The lowest BCUT2D eigenvalue weighted by Gasteiger charge is -2.19. The van der Waals surface area contributed by atoms with Gasteiger partial charge in [-0.25, -0.2) is 0 Å². The normalized spacial score (nSPS) is 11.4. The Hall–Kier alpha value is -1.60. The van der Waals surface area contributed by atoms with E-state index in [2.05, 4.69) is 20.8 Å². The van der Waals surface area contributed by atoms with E-state index < -0.39 is 0 Å². The van der Waals surface area contributed by atoms with Crippen molar-refractivity contribution >= 4 is 17.4 Å². The molecular formula is C18H19ClO. The maximum Gasteiger partial charge on any atom is 0.167 e. The van der Waals surface area contributed by atoms with E-state index in [4.69, 9.17) is 11.6 Å². The van der Waals surface area contributed by atoms with Crippen LogP contribution >= 0.6 is 11.6 Å². The maximum absolute atomic E-state index is 12.2. The Balaban J connectivity index is 2.11. The van der Waals surface area contributed by atoms with Crippen molar-refractivity contribution in [2.45, 2.75) is 32.6 Å². The summed E-state index contributed by atoms with van der Waals surface area (Å²) in [5.41, 5.74) is 3.09. The van der Waals surface area contributed by atoms with Crippen molar-refractivity contribution < 1.29 is 4.79 Å². The molecule has 0 saturated heterocycles. The molecule has 0 aliphatic carbocycles. The first-order valence-corrected chi connectivity index (χ1v) is 7.12. The van der Waals surface area contributed by atoms with Gasteiger partial charge in [0.05, 0.1) is 0 Å². The number of hydrogen-bond donors (Lipinski definition) is 0. The molecule has 0 aromatic heterocycles. The smallest absolute Gasteiger partial charge is 0.167 e. The molecule has 2 heteroatoms. The van der Waals surface area contributed by atoms with E-state index in [1.807, 2.05) is 48.5 Å². The number of halogens is 1. The van der Waals surface area contributed by atoms with Gasteiger partial charge in [-0.05, 0) is 28.7 Å². The first kappa shape index (κ1) is 14.8. The number of Topliss-reactive ketones (excluding diaryl/α,β-unsaturated/α-hetero) is 1. The molecule has 0 bridgehead atoms. The summed E-state index contributed by atoms with van der Waals surface area (Å²) in [7, 11) is 0. The molecule has 0 heterocycles. The van der Waals surface area contributed by atoms with Crippen molar-refractivity contribution in [3.8, 4) is 0 Å². The highest BCUT2D eigenvalue weighted by Gasteiger charge is 2.14. The quantitative estimate of drug-likeness (QED) is 0.721. The number of carbonyl (C=O) groups excluding carboxylic acids is 1. The lowest BCUT2D eigenvalue weighted by Crippen LogP contribution is -2.11. The predicted octanol–water partition coefficient (Wildman–Crippen LogP) is 5.06. The summed E-state index contributed by atoms with van der Waals surface area (Å²) >= 11 is 5.84. The van der Waals surface area contributed by atoms with E-state index in [1.54, 1.807) is 0 Å². The van der Waals surface area contributed by atoms with E-state index in [9.17, 15) is 4.79 Å². The van der Waals surface area contributed by atoms with Crippen LogP contribution in [-0.4, -0.2) is 5.78 Å². The first-order valence-electron chi connectivity index (χ1n) is 6.74. The van der Waals surface area contributed by atoms with Gasteiger partial charge in [0.1, 0.15) is 0 Å². The molecule has 0 radical (unpaired) electrons. The second kappa shape index (κ2) is 5.80. The molecule has 0 spiro atoms. The standard InChI is InChI=1S/C18H19ClO/c1-18(2,3)15-8-6-14(7-9-15)17(20)12-13-4-10-16(19)11-5-13/h4-11H,12H2,1-3H3. The summed E-state index contributed by atoms with van der Waals surface area (Å²) in [4.78, 5) is 12.2. The minimum atomic E-state index is 0.109. The third-order valence-corrected chi connectivity index (χ3v) is 3.60. The minimum absolute atomic E-state index is 0.109. The van der Waals surface area contributed by atoms with Gasteiger partial charge in [0, 0.05) is 17.0 Å². The number of rotatable bonds is 3. The van der Waals surface area contributed by atoms with Crippen LogP contribution in [0.1, 0.15) is 42.3 Å². The molecule has 0 aliphatic rings. The van der Waals surface area contributed by atoms with Crippen LogP contribution in [0, 0.1) is 0 Å². The molecule has 2 aromatic rings. The van der Waals surface area contributed by atoms with Crippen LogP contribution < -0.4 is 0 Å². The zero-order valence-corrected chi connectivity index (χ0v) is 12.9. The zero-order valence-electron chi connectivity index (χ0n) is 12.1. The summed E-state index contributed by atoms with van der Waals surface area (Å²) in [6, 6.07) is 15.3.